The first-order chi connectivity index (χ1) is 11.1. The van der Waals surface area contributed by atoms with E-state index in [4.69, 9.17) is 5.26 Å². The summed E-state index contributed by atoms with van der Waals surface area (Å²) in [7, 11) is 0. The largest absolute Gasteiger partial charge is 0.451 e. The van der Waals surface area contributed by atoms with Crippen molar-refractivity contribution in [3.63, 3.8) is 0 Å². The van der Waals surface area contributed by atoms with Gasteiger partial charge in [-0.25, -0.2) is 9.97 Å². The van der Waals surface area contributed by atoms with E-state index in [1.165, 1.54) is 6.07 Å². The van der Waals surface area contributed by atoms with Crippen LogP contribution in [0, 0.1) is 11.3 Å². The maximum Gasteiger partial charge on any atom is 0.451 e. The van der Waals surface area contributed by atoms with Gasteiger partial charge in [-0.3, -0.25) is 0 Å². The van der Waals surface area contributed by atoms with Crippen LogP contribution in [0.2, 0.25) is 0 Å². The van der Waals surface area contributed by atoms with Gasteiger partial charge in [0, 0.05) is 18.0 Å². The van der Waals surface area contributed by atoms with E-state index in [1.807, 2.05) is 13.8 Å². The van der Waals surface area contributed by atoms with Crippen molar-refractivity contribution in [1.29, 1.82) is 5.26 Å². The third-order valence-electron chi connectivity index (χ3n) is 2.68. The van der Waals surface area contributed by atoms with Gasteiger partial charge in [0.1, 0.15) is 0 Å². The normalized spacial score (nSPS) is 11.3. The number of aromatic nitrogens is 2. The molecule has 0 N–H and O–H groups in total. The molecule has 0 aliphatic rings. The summed E-state index contributed by atoms with van der Waals surface area (Å²) in [5, 5.41) is 8.77. The molecule has 1 aromatic heterocycles. The van der Waals surface area contributed by atoms with E-state index in [9.17, 15) is 26.3 Å². The topological polar surface area (TPSA) is 49.6 Å². The summed E-state index contributed by atoms with van der Waals surface area (Å²) in [6.45, 7) is 4.00. The second kappa shape index (κ2) is 7.29. The van der Waals surface area contributed by atoms with Crippen LogP contribution in [0.1, 0.15) is 30.8 Å². The lowest BCUT2D eigenvalue weighted by atomic mass is 10.0. The van der Waals surface area contributed by atoms with E-state index in [2.05, 4.69) is 9.97 Å². The molecule has 0 amide bonds. The van der Waals surface area contributed by atoms with Gasteiger partial charge in [-0.15, -0.1) is 0 Å². The molecule has 0 atom stereocenters. The van der Waals surface area contributed by atoms with E-state index in [-0.39, 0.29) is 11.1 Å². The standard InChI is InChI=1S/C13H5F6N3.C2H6/c14-12(15,16)10-2-1-7(3-8(10)4-20)9-5-21-11(22-6-9)13(17,18)19;1-2/h1-3,5-6H;1-2H3. The molecule has 1 heterocycles. The van der Waals surface area contributed by atoms with Gasteiger partial charge in [0.25, 0.3) is 0 Å². The molecule has 2 rings (SSSR count). The van der Waals surface area contributed by atoms with Crippen LogP contribution >= 0.6 is 0 Å². The Kier molecular flexibility index (Phi) is 5.90. The Morgan fingerprint density at radius 1 is 0.875 bits per heavy atom. The number of nitrogens with zero attached hydrogens (tertiary/aromatic N) is 3. The predicted molar refractivity (Wildman–Crippen MR) is 73.5 cm³/mol. The minimum Gasteiger partial charge on any atom is -0.232 e. The number of rotatable bonds is 1. The van der Waals surface area contributed by atoms with Gasteiger partial charge < -0.3 is 0 Å². The van der Waals surface area contributed by atoms with Crippen molar-refractivity contribution >= 4 is 0 Å². The van der Waals surface area contributed by atoms with Crippen LogP contribution in [0.25, 0.3) is 11.1 Å². The van der Waals surface area contributed by atoms with Gasteiger partial charge >= 0.3 is 12.4 Å². The van der Waals surface area contributed by atoms with Crippen LogP contribution in [0.5, 0.6) is 0 Å². The van der Waals surface area contributed by atoms with Crippen LogP contribution in [0.3, 0.4) is 0 Å². The molecule has 1 aromatic carbocycles. The van der Waals surface area contributed by atoms with Gasteiger partial charge in [-0.1, -0.05) is 19.9 Å². The summed E-state index contributed by atoms with van der Waals surface area (Å²) in [6.07, 6.45) is -7.74. The number of alkyl halides is 6. The van der Waals surface area contributed by atoms with Crippen molar-refractivity contribution in [3.8, 4) is 17.2 Å². The number of benzene rings is 1. The fourth-order valence-corrected chi connectivity index (χ4v) is 1.69. The third kappa shape index (κ3) is 4.44. The molecule has 0 unspecified atom stereocenters. The van der Waals surface area contributed by atoms with Crippen LogP contribution in [0.15, 0.2) is 30.6 Å². The van der Waals surface area contributed by atoms with Crippen molar-refractivity contribution in [2.45, 2.75) is 26.2 Å². The fraction of sp³-hybridized carbons (Fsp3) is 0.267. The molecule has 0 saturated carbocycles. The van der Waals surface area contributed by atoms with E-state index in [0.717, 1.165) is 24.5 Å². The first-order valence-electron chi connectivity index (χ1n) is 6.64. The summed E-state index contributed by atoms with van der Waals surface area (Å²) >= 11 is 0. The molecule has 0 bridgehead atoms. The Balaban J connectivity index is 0.00000139. The Bertz CT molecular complexity index is 727. The molecule has 3 nitrogen and oxygen atoms in total. The molecule has 0 fully saturated rings. The molecule has 24 heavy (non-hydrogen) atoms. The zero-order valence-electron chi connectivity index (χ0n) is 12.5. The second-order valence-corrected chi connectivity index (χ2v) is 4.16. The molecular weight excluding hydrogens is 336 g/mol. The van der Waals surface area contributed by atoms with Crippen molar-refractivity contribution < 1.29 is 26.3 Å². The summed E-state index contributed by atoms with van der Waals surface area (Å²) < 4.78 is 75.0. The lowest BCUT2D eigenvalue weighted by molar-refractivity contribution is -0.145. The molecule has 0 aliphatic carbocycles. The van der Waals surface area contributed by atoms with Gasteiger partial charge in [0.2, 0.25) is 5.82 Å². The van der Waals surface area contributed by atoms with Gasteiger partial charge in [-0.05, 0) is 17.7 Å². The predicted octanol–water partition coefficient (Wildman–Crippen LogP) is 5.08. The van der Waals surface area contributed by atoms with E-state index < -0.39 is 29.3 Å². The average molecular weight is 347 g/mol. The first-order valence-corrected chi connectivity index (χ1v) is 6.64. The molecule has 0 radical (unpaired) electrons. The van der Waals surface area contributed by atoms with Crippen LogP contribution < -0.4 is 0 Å². The maximum atomic E-state index is 12.7. The van der Waals surface area contributed by atoms with Gasteiger partial charge in [0.15, 0.2) is 0 Å². The monoisotopic (exact) mass is 347 g/mol. The second-order valence-electron chi connectivity index (χ2n) is 4.16. The lowest BCUT2D eigenvalue weighted by Crippen LogP contribution is -2.10. The highest BCUT2D eigenvalue weighted by atomic mass is 19.4. The fourth-order valence-electron chi connectivity index (χ4n) is 1.69. The van der Waals surface area contributed by atoms with Gasteiger partial charge in [-0.2, -0.15) is 31.6 Å². The van der Waals surface area contributed by atoms with Crippen molar-refractivity contribution in [3.05, 3.63) is 47.5 Å². The molecule has 0 spiro atoms. The van der Waals surface area contributed by atoms with Crippen LogP contribution in [-0.4, -0.2) is 9.97 Å². The first kappa shape index (κ1) is 19.4. The zero-order valence-corrected chi connectivity index (χ0v) is 12.5. The number of halogens is 6. The number of hydrogen-bond donors (Lipinski definition) is 0. The highest BCUT2D eigenvalue weighted by molar-refractivity contribution is 5.65. The van der Waals surface area contributed by atoms with Crippen LogP contribution in [-0.2, 0) is 12.4 Å². The minimum absolute atomic E-state index is 0.0678. The van der Waals surface area contributed by atoms with E-state index in [0.29, 0.717) is 6.07 Å². The molecular formula is C15H11F6N3. The van der Waals surface area contributed by atoms with Crippen molar-refractivity contribution in [1.82, 2.24) is 9.97 Å². The summed E-state index contributed by atoms with van der Waals surface area (Å²) in [6, 6.07) is 4.06. The lowest BCUT2D eigenvalue weighted by Gasteiger charge is -2.10. The summed E-state index contributed by atoms with van der Waals surface area (Å²) in [5.41, 5.74) is -1.58. The zero-order chi connectivity index (χ0) is 18.5. The Hall–Kier alpha value is -2.63. The molecule has 0 saturated heterocycles. The summed E-state index contributed by atoms with van der Waals surface area (Å²) in [4.78, 5) is 6.22. The average Bonchev–Trinajstić information content (AvgIpc) is 2.54. The Morgan fingerprint density at radius 3 is 1.83 bits per heavy atom. The Labute approximate surface area is 133 Å². The minimum atomic E-state index is -4.71. The smallest absolute Gasteiger partial charge is 0.232 e. The quantitative estimate of drug-likeness (QED) is 0.676. The molecule has 128 valence electrons. The Morgan fingerprint density at radius 2 is 1.42 bits per heavy atom. The summed E-state index contributed by atoms with van der Waals surface area (Å²) in [5.74, 6) is -1.36. The molecule has 0 aliphatic heterocycles. The van der Waals surface area contributed by atoms with Crippen LogP contribution in [0.4, 0.5) is 26.3 Å². The van der Waals surface area contributed by atoms with E-state index >= 15 is 0 Å². The number of hydrogen-bond acceptors (Lipinski definition) is 3. The SMILES string of the molecule is CC.N#Cc1cc(-c2cnc(C(F)(F)F)nc2)ccc1C(F)(F)F. The molecule has 2 aromatic rings. The molecule has 9 heteroatoms. The van der Waals surface area contributed by atoms with Gasteiger partial charge in [0.05, 0.1) is 17.2 Å². The highest BCUT2D eigenvalue weighted by Gasteiger charge is 2.35. The van der Waals surface area contributed by atoms with E-state index in [1.54, 1.807) is 0 Å². The van der Waals surface area contributed by atoms with Crippen molar-refractivity contribution in [2.24, 2.45) is 0 Å². The third-order valence-corrected chi connectivity index (χ3v) is 2.68. The number of nitriles is 1. The van der Waals surface area contributed by atoms with Crippen molar-refractivity contribution in [2.75, 3.05) is 0 Å². The highest BCUT2D eigenvalue weighted by Crippen LogP contribution is 2.34. The maximum absolute atomic E-state index is 12.7.